The van der Waals surface area contributed by atoms with Crippen molar-refractivity contribution in [1.82, 2.24) is 5.32 Å². The topological polar surface area (TPSA) is 64.6 Å². The largest absolute Gasteiger partial charge is 0.466 e. The monoisotopic (exact) mass is 389 g/mol. The minimum absolute atomic E-state index is 0.0164. The molecule has 0 aromatic heterocycles. The first-order chi connectivity index (χ1) is 12.7. The van der Waals surface area contributed by atoms with Gasteiger partial charge in [0, 0.05) is 0 Å². The molecule has 0 fully saturated rings. The number of allylic oxidation sites excluding steroid dienone is 1. The van der Waals surface area contributed by atoms with E-state index in [1.165, 1.54) is 0 Å². The molecule has 1 N–H and O–H groups in total. The summed E-state index contributed by atoms with van der Waals surface area (Å²) in [4.78, 5) is 24.4. The average molecular weight is 389 g/mol. The molecule has 10 heteroatoms. The van der Waals surface area contributed by atoms with E-state index in [-0.39, 0.29) is 23.6 Å². The first-order valence-electron chi connectivity index (χ1n) is 7.60. The summed E-state index contributed by atoms with van der Waals surface area (Å²) in [5.74, 6) is -5.41. The van der Waals surface area contributed by atoms with Gasteiger partial charge in [0.15, 0.2) is 0 Å². The van der Waals surface area contributed by atoms with Gasteiger partial charge in [0.05, 0.1) is 41.1 Å². The van der Waals surface area contributed by atoms with Gasteiger partial charge in [0.1, 0.15) is 19.1 Å². The minimum atomic E-state index is -5.12. The van der Waals surface area contributed by atoms with Crippen molar-refractivity contribution in [2.24, 2.45) is 0 Å². The number of esters is 2. The number of hydrogen-bond acceptors (Lipinski definition) is 5. The Morgan fingerprint density at radius 3 is 2.67 bits per heavy atom. The fourth-order valence-corrected chi connectivity index (χ4v) is 3.23. The van der Waals surface area contributed by atoms with E-state index in [0.717, 1.165) is 19.2 Å². The van der Waals surface area contributed by atoms with Crippen molar-refractivity contribution in [1.29, 1.82) is 0 Å². The maximum Gasteiger partial charge on any atom is 0.419 e. The van der Waals surface area contributed by atoms with Crippen LogP contribution in [-0.2, 0) is 25.2 Å². The Kier molecular flexibility index (Phi) is 4.66. The Hall–Kier alpha value is -2.91. The summed E-state index contributed by atoms with van der Waals surface area (Å²) in [6.07, 6.45) is -5.12. The summed E-state index contributed by atoms with van der Waals surface area (Å²) in [6, 6.07) is 2.54. The van der Waals surface area contributed by atoms with E-state index >= 15 is 0 Å². The highest BCUT2D eigenvalue weighted by molar-refractivity contribution is 6.01. The highest BCUT2D eigenvalue weighted by Crippen LogP contribution is 2.46. The fourth-order valence-electron chi connectivity index (χ4n) is 3.23. The molecule has 2 heterocycles. The van der Waals surface area contributed by atoms with Gasteiger partial charge >= 0.3 is 18.1 Å². The van der Waals surface area contributed by atoms with Crippen molar-refractivity contribution < 1.29 is 41.0 Å². The molecule has 2 aliphatic heterocycles. The minimum Gasteiger partial charge on any atom is -0.466 e. The molecule has 3 rings (SSSR count). The molecule has 1 aromatic rings. The number of halogens is 5. The lowest BCUT2D eigenvalue weighted by Crippen LogP contribution is -2.33. The maximum absolute atomic E-state index is 14.1. The van der Waals surface area contributed by atoms with Crippen LogP contribution in [0, 0.1) is 5.82 Å². The van der Waals surface area contributed by atoms with Gasteiger partial charge < -0.3 is 14.8 Å². The second-order valence-electron chi connectivity index (χ2n) is 5.75. The van der Waals surface area contributed by atoms with Gasteiger partial charge in [-0.1, -0.05) is 12.1 Å². The van der Waals surface area contributed by atoms with Gasteiger partial charge in [-0.2, -0.15) is 13.2 Å². The maximum atomic E-state index is 14.1. The third-order valence-corrected chi connectivity index (χ3v) is 4.28. The highest BCUT2D eigenvalue weighted by Gasteiger charge is 2.47. The van der Waals surface area contributed by atoms with Crippen molar-refractivity contribution in [3.63, 3.8) is 0 Å². The molecule has 0 radical (unpaired) electrons. The lowest BCUT2D eigenvalue weighted by Gasteiger charge is -2.29. The molecule has 0 saturated carbocycles. The van der Waals surface area contributed by atoms with E-state index in [0.29, 0.717) is 6.07 Å². The van der Waals surface area contributed by atoms with E-state index in [9.17, 15) is 31.5 Å². The number of hydrogen-bond donors (Lipinski definition) is 1. The van der Waals surface area contributed by atoms with Crippen LogP contribution in [0.4, 0.5) is 22.0 Å². The van der Waals surface area contributed by atoms with Crippen molar-refractivity contribution in [2.45, 2.75) is 12.1 Å². The summed E-state index contributed by atoms with van der Waals surface area (Å²) >= 11 is 0. The van der Waals surface area contributed by atoms with E-state index in [1.54, 1.807) is 0 Å². The quantitative estimate of drug-likeness (QED) is 0.636. The van der Waals surface area contributed by atoms with Gasteiger partial charge in [0.2, 0.25) is 0 Å². The lowest BCUT2D eigenvalue weighted by molar-refractivity contribution is -0.142. The molecule has 0 spiro atoms. The number of dihydropyridines is 1. The molecule has 0 aliphatic carbocycles. The van der Waals surface area contributed by atoms with Crippen LogP contribution >= 0.6 is 0 Å². The molecule has 0 bridgehead atoms. The summed E-state index contributed by atoms with van der Waals surface area (Å²) in [5, 5.41) is 2.50. The normalized spacial score (nSPS) is 19.6. The zero-order valence-corrected chi connectivity index (χ0v) is 13.7. The van der Waals surface area contributed by atoms with Crippen LogP contribution in [0.2, 0.25) is 0 Å². The number of methoxy groups -OCH3 is 1. The Bertz CT molecular complexity index is 888. The van der Waals surface area contributed by atoms with E-state index < -0.39 is 53.2 Å². The van der Waals surface area contributed by atoms with Crippen molar-refractivity contribution >= 4 is 11.9 Å². The van der Waals surface area contributed by atoms with E-state index in [1.807, 2.05) is 0 Å². The smallest absolute Gasteiger partial charge is 0.419 e. The zero-order chi connectivity index (χ0) is 19.9. The molecule has 1 aromatic carbocycles. The van der Waals surface area contributed by atoms with Gasteiger partial charge in [0.25, 0.3) is 0 Å². The SMILES string of the molecule is COC(=O)C1=C(CF)NC2=C(C(=O)OC2)C1c1cccc(F)c1C(F)(F)F. The van der Waals surface area contributed by atoms with Crippen molar-refractivity contribution in [3.8, 4) is 0 Å². The van der Waals surface area contributed by atoms with Gasteiger partial charge in [-0.05, 0) is 11.6 Å². The third-order valence-electron chi connectivity index (χ3n) is 4.28. The Balaban J connectivity index is 2.34. The van der Waals surface area contributed by atoms with E-state index in [2.05, 4.69) is 10.1 Å². The molecule has 1 atom stereocenters. The Morgan fingerprint density at radius 2 is 2.07 bits per heavy atom. The van der Waals surface area contributed by atoms with Crippen LogP contribution in [0.3, 0.4) is 0 Å². The number of ether oxygens (including phenoxy) is 2. The number of carbonyl (C=O) groups excluding carboxylic acids is 2. The van der Waals surface area contributed by atoms with Crippen molar-refractivity contribution in [3.05, 3.63) is 57.7 Å². The van der Waals surface area contributed by atoms with Crippen LogP contribution < -0.4 is 5.32 Å². The summed E-state index contributed by atoms with van der Waals surface area (Å²) in [5.41, 5.74) is -3.58. The molecular formula is C17H12F5NO4. The van der Waals surface area contributed by atoms with Gasteiger partial charge in [-0.3, -0.25) is 0 Å². The van der Waals surface area contributed by atoms with Crippen LogP contribution in [-0.4, -0.2) is 32.3 Å². The fraction of sp³-hybridized carbons (Fsp3) is 0.294. The Labute approximate surface area is 149 Å². The first kappa shape index (κ1) is 18.9. The Morgan fingerprint density at radius 1 is 1.37 bits per heavy atom. The second kappa shape index (κ2) is 6.67. The van der Waals surface area contributed by atoms with Crippen LogP contribution in [0.5, 0.6) is 0 Å². The predicted octanol–water partition coefficient (Wildman–Crippen LogP) is 2.74. The highest BCUT2D eigenvalue weighted by atomic mass is 19.4. The van der Waals surface area contributed by atoms with Crippen molar-refractivity contribution in [2.75, 3.05) is 20.4 Å². The van der Waals surface area contributed by atoms with Gasteiger partial charge in [-0.15, -0.1) is 0 Å². The summed E-state index contributed by atoms with van der Waals surface area (Å²) in [7, 11) is 0.954. The molecular weight excluding hydrogens is 377 g/mol. The van der Waals surface area contributed by atoms with Crippen LogP contribution in [0.15, 0.2) is 40.7 Å². The standard InChI is InChI=1S/C17H12F5NO4/c1-26-15(24)12-9(5-18)23-10-6-27-16(25)13(10)11(12)7-3-2-4-8(19)14(7)17(20,21)22/h2-4,11,23H,5-6H2,1H3. The van der Waals surface area contributed by atoms with E-state index in [4.69, 9.17) is 4.74 Å². The van der Waals surface area contributed by atoms with Crippen LogP contribution in [0.1, 0.15) is 17.0 Å². The molecule has 0 saturated heterocycles. The third kappa shape index (κ3) is 3.04. The molecule has 144 valence electrons. The number of alkyl halides is 4. The summed E-state index contributed by atoms with van der Waals surface area (Å²) < 4.78 is 77.4. The second-order valence-corrected chi connectivity index (χ2v) is 5.75. The molecule has 2 aliphatic rings. The average Bonchev–Trinajstić information content (AvgIpc) is 2.98. The number of benzene rings is 1. The molecule has 1 unspecified atom stereocenters. The molecule has 0 amide bonds. The number of cyclic esters (lactones) is 1. The number of carbonyl (C=O) groups is 2. The molecule has 27 heavy (non-hydrogen) atoms. The summed E-state index contributed by atoms with van der Waals surface area (Å²) in [6.45, 7) is -1.58. The number of nitrogens with one attached hydrogen (secondary N) is 1. The number of rotatable bonds is 3. The predicted molar refractivity (Wildman–Crippen MR) is 80.3 cm³/mol. The lowest BCUT2D eigenvalue weighted by atomic mass is 9.78. The van der Waals surface area contributed by atoms with Gasteiger partial charge in [-0.25, -0.2) is 18.4 Å². The van der Waals surface area contributed by atoms with Crippen LogP contribution in [0.25, 0.3) is 0 Å². The first-order valence-corrected chi connectivity index (χ1v) is 7.60. The molecule has 5 nitrogen and oxygen atoms in total. The zero-order valence-electron chi connectivity index (χ0n) is 13.7.